The number of nitrogens with zero attached hydrogens (tertiary/aromatic N) is 1. The van der Waals surface area contributed by atoms with Crippen LogP contribution in [0.25, 0.3) is 6.08 Å². The van der Waals surface area contributed by atoms with Crippen molar-refractivity contribution in [2.45, 2.75) is 26.0 Å². The first-order valence-electron chi connectivity index (χ1n) is 8.35. The van der Waals surface area contributed by atoms with Crippen LogP contribution < -0.4 is 10.1 Å². The van der Waals surface area contributed by atoms with E-state index in [0.717, 1.165) is 11.1 Å². The van der Waals surface area contributed by atoms with Crippen LogP contribution in [0.3, 0.4) is 0 Å². The molecule has 3 rings (SSSR count). The minimum atomic E-state index is -2.99. The highest BCUT2D eigenvalue weighted by atomic mass is 19.3. The Morgan fingerprint density at radius 3 is 2.59 bits per heavy atom. The molecule has 0 bridgehead atoms. The quantitative estimate of drug-likeness (QED) is 0.856. The van der Waals surface area contributed by atoms with Crippen LogP contribution in [0.1, 0.15) is 30.5 Å². The van der Waals surface area contributed by atoms with E-state index in [1.165, 1.54) is 30.0 Å². The third-order valence-corrected chi connectivity index (χ3v) is 4.23. The highest BCUT2D eigenvalue weighted by molar-refractivity contribution is 5.93. The number of anilines is 1. The number of ether oxygens (including phenoxy) is 1. The molecule has 0 saturated carbocycles. The maximum atomic E-state index is 12.6. The van der Waals surface area contributed by atoms with Crippen molar-refractivity contribution in [3.63, 3.8) is 0 Å². The number of amides is 2. The second-order valence-electron chi connectivity index (χ2n) is 6.01. The van der Waals surface area contributed by atoms with E-state index in [0.29, 0.717) is 0 Å². The molecule has 0 spiro atoms. The molecule has 0 aromatic heterocycles. The summed E-state index contributed by atoms with van der Waals surface area (Å²) in [6.07, 6.45) is 3.44. The van der Waals surface area contributed by atoms with Gasteiger partial charge in [0.15, 0.2) is 0 Å². The average Bonchev–Trinajstić information content (AvgIpc) is 2.63. The monoisotopic (exact) mass is 372 g/mol. The predicted molar refractivity (Wildman–Crippen MR) is 97.1 cm³/mol. The molecule has 0 saturated heterocycles. The van der Waals surface area contributed by atoms with Gasteiger partial charge < -0.3 is 15.0 Å². The Bertz CT molecular complexity index is 883. The second-order valence-corrected chi connectivity index (χ2v) is 6.01. The summed E-state index contributed by atoms with van der Waals surface area (Å²) in [6.45, 7) is -1.57. The van der Waals surface area contributed by atoms with Crippen molar-refractivity contribution < 1.29 is 23.1 Å². The summed E-state index contributed by atoms with van der Waals surface area (Å²) in [5.41, 5.74) is 1.92. The van der Waals surface area contributed by atoms with Gasteiger partial charge in [-0.05, 0) is 29.3 Å². The summed E-state index contributed by atoms with van der Waals surface area (Å²) in [4.78, 5) is 26.0. The fourth-order valence-corrected chi connectivity index (χ4v) is 3.06. The molecule has 2 aromatic carbocycles. The number of alkyl halides is 2. The molecule has 1 N–H and O–H groups in total. The molecule has 7 heteroatoms. The number of hydrogen-bond donors (Lipinski definition) is 1. The first kappa shape index (κ1) is 18.6. The molecule has 27 heavy (non-hydrogen) atoms. The van der Waals surface area contributed by atoms with Gasteiger partial charge in [0.25, 0.3) is 0 Å². The maximum absolute atomic E-state index is 12.6. The van der Waals surface area contributed by atoms with E-state index < -0.39 is 18.6 Å². The lowest BCUT2D eigenvalue weighted by molar-refractivity contribution is -0.129. The number of rotatable bonds is 5. The molecule has 1 atom stereocenters. The van der Waals surface area contributed by atoms with Gasteiger partial charge in [-0.1, -0.05) is 36.4 Å². The molecule has 0 aliphatic carbocycles. The molecule has 5 nitrogen and oxygen atoms in total. The fraction of sp³-hybridized carbons (Fsp3) is 0.200. The summed E-state index contributed by atoms with van der Waals surface area (Å²) in [7, 11) is 0. The van der Waals surface area contributed by atoms with Crippen molar-refractivity contribution in [2.24, 2.45) is 0 Å². The molecule has 140 valence electrons. The van der Waals surface area contributed by atoms with Crippen LogP contribution in [-0.2, 0) is 9.59 Å². The average molecular weight is 372 g/mol. The number of carbonyl (C=O) groups is 2. The summed E-state index contributed by atoms with van der Waals surface area (Å²) in [5, 5.41) is 2.59. The van der Waals surface area contributed by atoms with Crippen LogP contribution in [0.15, 0.2) is 54.7 Å². The first-order chi connectivity index (χ1) is 13.0. The van der Waals surface area contributed by atoms with Crippen molar-refractivity contribution in [3.05, 3.63) is 65.9 Å². The Labute approximate surface area is 155 Å². The zero-order valence-corrected chi connectivity index (χ0v) is 14.6. The molecule has 1 heterocycles. The normalized spacial score (nSPS) is 15.4. The Morgan fingerprint density at radius 2 is 1.85 bits per heavy atom. The molecule has 2 aromatic rings. The zero-order chi connectivity index (χ0) is 19.4. The predicted octanol–water partition coefficient (Wildman–Crippen LogP) is 4.19. The Kier molecular flexibility index (Phi) is 5.49. The van der Waals surface area contributed by atoms with Gasteiger partial charge in [-0.15, -0.1) is 0 Å². The number of carbonyl (C=O) groups excluding carboxylic acids is 2. The van der Waals surface area contributed by atoms with Crippen LogP contribution in [0, 0.1) is 0 Å². The summed E-state index contributed by atoms with van der Waals surface area (Å²) < 4.78 is 29.5. The van der Waals surface area contributed by atoms with Gasteiger partial charge in [0.05, 0.1) is 18.2 Å². The highest BCUT2D eigenvalue weighted by Crippen LogP contribution is 2.33. The zero-order valence-electron chi connectivity index (χ0n) is 14.6. The largest absolute Gasteiger partial charge is 0.433 e. The summed E-state index contributed by atoms with van der Waals surface area (Å²) in [5.74, 6) is -0.727. The van der Waals surface area contributed by atoms with E-state index in [-0.39, 0.29) is 23.8 Å². The van der Waals surface area contributed by atoms with Gasteiger partial charge in [0, 0.05) is 13.1 Å². The molecule has 0 radical (unpaired) electrons. The molecular weight excluding hydrogens is 354 g/mol. The maximum Gasteiger partial charge on any atom is 0.387 e. The number of benzene rings is 2. The van der Waals surface area contributed by atoms with Gasteiger partial charge in [-0.25, -0.2) is 0 Å². The smallest absolute Gasteiger partial charge is 0.387 e. The van der Waals surface area contributed by atoms with Gasteiger partial charge in [-0.3, -0.25) is 9.59 Å². The number of fused-ring (bicyclic) bond motifs is 1. The second kappa shape index (κ2) is 7.99. The topological polar surface area (TPSA) is 58.6 Å². The van der Waals surface area contributed by atoms with Gasteiger partial charge in [0.1, 0.15) is 5.75 Å². The number of para-hydroxylation sites is 2. The minimum absolute atomic E-state index is 0.0239. The van der Waals surface area contributed by atoms with Gasteiger partial charge in [0.2, 0.25) is 11.8 Å². The van der Waals surface area contributed by atoms with E-state index >= 15 is 0 Å². The minimum Gasteiger partial charge on any atom is -0.433 e. The molecule has 1 unspecified atom stereocenters. The number of hydrogen-bond acceptors (Lipinski definition) is 3. The number of halogens is 2. The fourth-order valence-electron chi connectivity index (χ4n) is 3.06. The molecule has 1 aliphatic heterocycles. The van der Waals surface area contributed by atoms with Crippen LogP contribution in [0.4, 0.5) is 14.5 Å². The summed E-state index contributed by atoms with van der Waals surface area (Å²) >= 11 is 0. The third-order valence-electron chi connectivity index (χ3n) is 4.23. The first-order valence-corrected chi connectivity index (χ1v) is 8.35. The Morgan fingerprint density at radius 1 is 1.15 bits per heavy atom. The van der Waals surface area contributed by atoms with Crippen molar-refractivity contribution in [2.75, 3.05) is 5.32 Å². The van der Waals surface area contributed by atoms with Gasteiger partial charge >= 0.3 is 6.61 Å². The SMILES string of the molecule is CC(=O)N1C=Cc2ccccc2C1CC(=O)Nc1ccccc1OC(F)F. The van der Waals surface area contributed by atoms with E-state index in [1.807, 2.05) is 30.3 Å². The molecular formula is C20H18F2N2O3. The molecule has 2 amide bonds. The van der Waals surface area contributed by atoms with Crippen molar-refractivity contribution in [3.8, 4) is 5.75 Å². The van der Waals surface area contributed by atoms with Crippen LogP contribution in [0.2, 0.25) is 0 Å². The van der Waals surface area contributed by atoms with Crippen molar-refractivity contribution in [1.29, 1.82) is 0 Å². The Balaban J connectivity index is 1.80. The van der Waals surface area contributed by atoms with Crippen LogP contribution in [0.5, 0.6) is 5.75 Å². The number of nitrogens with one attached hydrogen (secondary N) is 1. The lowest BCUT2D eigenvalue weighted by Gasteiger charge is -2.32. The standard InChI is InChI=1S/C20H18F2N2O3/c1-13(25)24-11-10-14-6-2-3-7-15(14)17(24)12-19(26)23-16-8-4-5-9-18(16)27-20(21)22/h2-11,17,20H,12H2,1H3,(H,23,26). The molecule has 1 aliphatic rings. The van der Waals surface area contributed by atoms with E-state index in [1.54, 1.807) is 12.3 Å². The van der Waals surface area contributed by atoms with E-state index in [9.17, 15) is 18.4 Å². The van der Waals surface area contributed by atoms with Crippen molar-refractivity contribution in [1.82, 2.24) is 4.90 Å². The van der Waals surface area contributed by atoms with Crippen LogP contribution in [-0.4, -0.2) is 23.3 Å². The lowest BCUT2D eigenvalue weighted by atomic mass is 9.93. The lowest BCUT2D eigenvalue weighted by Crippen LogP contribution is -2.33. The molecule has 0 fully saturated rings. The summed E-state index contributed by atoms with van der Waals surface area (Å²) in [6, 6.07) is 13.0. The van der Waals surface area contributed by atoms with Gasteiger partial charge in [-0.2, -0.15) is 8.78 Å². The van der Waals surface area contributed by atoms with E-state index in [4.69, 9.17) is 0 Å². The highest BCUT2D eigenvalue weighted by Gasteiger charge is 2.28. The van der Waals surface area contributed by atoms with Crippen LogP contribution >= 0.6 is 0 Å². The van der Waals surface area contributed by atoms with E-state index in [2.05, 4.69) is 10.1 Å². The Hall–Kier alpha value is -3.22. The third kappa shape index (κ3) is 4.31. The van der Waals surface area contributed by atoms with Crippen molar-refractivity contribution >= 4 is 23.6 Å².